The van der Waals surface area contributed by atoms with Gasteiger partial charge < -0.3 is 26.3 Å². The second-order valence-electron chi connectivity index (χ2n) is 7.75. The first kappa shape index (κ1) is 19.8. The maximum atomic E-state index is 12.6. The van der Waals surface area contributed by atoms with Gasteiger partial charge in [0.15, 0.2) is 5.65 Å². The van der Waals surface area contributed by atoms with E-state index in [1.807, 2.05) is 19.1 Å². The van der Waals surface area contributed by atoms with Crippen molar-refractivity contribution in [3.8, 4) is 0 Å². The molecule has 0 aliphatic heterocycles. The van der Waals surface area contributed by atoms with Gasteiger partial charge in [-0.05, 0) is 45.1 Å². The van der Waals surface area contributed by atoms with Crippen LogP contribution in [-0.4, -0.2) is 45.5 Å². The van der Waals surface area contributed by atoms with Crippen molar-refractivity contribution in [2.24, 2.45) is 5.73 Å². The number of nitrogens with zero attached hydrogens (tertiary/aromatic N) is 4. The number of nitrogen functional groups attached to an aromatic ring is 1. The summed E-state index contributed by atoms with van der Waals surface area (Å²) >= 11 is 0. The van der Waals surface area contributed by atoms with Crippen molar-refractivity contribution >= 4 is 34.4 Å². The minimum absolute atomic E-state index is 0.0105. The van der Waals surface area contributed by atoms with Crippen LogP contribution in [-0.2, 0) is 6.54 Å². The van der Waals surface area contributed by atoms with Crippen LogP contribution in [0.5, 0.6) is 0 Å². The molecule has 5 N–H and O–H groups in total. The molecular weight excluding hydrogens is 382 g/mol. The summed E-state index contributed by atoms with van der Waals surface area (Å²) in [5, 5.41) is 3.36. The molecule has 156 valence electrons. The zero-order chi connectivity index (χ0) is 21.6. The molecule has 1 aliphatic rings. The van der Waals surface area contributed by atoms with Crippen LogP contribution in [0.15, 0.2) is 35.3 Å². The molecule has 0 bridgehead atoms. The molecule has 3 aromatic rings. The van der Waals surface area contributed by atoms with Gasteiger partial charge in [0.05, 0.1) is 5.39 Å². The quantitative estimate of drug-likeness (QED) is 0.566. The minimum Gasteiger partial charge on any atom is -0.384 e. The van der Waals surface area contributed by atoms with Crippen molar-refractivity contribution in [1.82, 2.24) is 19.4 Å². The number of aromatic nitrogens is 3. The van der Waals surface area contributed by atoms with E-state index in [-0.39, 0.29) is 16.8 Å². The molecule has 1 amide bonds. The highest BCUT2D eigenvalue weighted by Crippen LogP contribution is 2.43. The minimum atomic E-state index is -0.865. The van der Waals surface area contributed by atoms with Crippen LogP contribution < -0.4 is 22.2 Å². The van der Waals surface area contributed by atoms with E-state index in [4.69, 9.17) is 11.5 Å². The molecule has 1 aromatic carbocycles. The van der Waals surface area contributed by atoms with Crippen LogP contribution in [0.3, 0.4) is 0 Å². The van der Waals surface area contributed by atoms with Crippen LogP contribution in [0.25, 0.3) is 11.0 Å². The Bertz CT molecular complexity index is 1180. The number of amides is 1. The lowest BCUT2D eigenvalue weighted by atomic mass is 10.1. The lowest BCUT2D eigenvalue weighted by molar-refractivity contribution is 0.1000. The highest BCUT2D eigenvalue weighted by atomic mass is 16.2. The largest absolute Gasteiger partial charge is 0.384 e. The van der Waals surface area contributed by atoms with Gasteiger partial charge in [-0.1, -0.05) is 12.1 Å². The molecule has 0 radical (unpaired) electrons. The predicted octanol–water partition coefficient (Wildman–Crippen LogP) is 1.65. The maximum absolute atomic E-state index is 12.6. The molecule has 1 fully saturated rings. The Hall–Kier alpha value is -3.46. The van der Waals surface area contributed by atoms with Gasteiger partial charge in [0.2, 0.25) is 11.4 Å². The van der Waals surface area contributed by atoms with Crippen molar-refractivity contribution in [3.63, 3.8) is 0 Å². The molecule has 2 unspecified atom stereocenters. The molecule has 0 spiro atoms. The molecule has 30 heavy (non-hydrogen) atoms. The van der Waals surface area contributed by atoms with E-state index in [0.717, 1.165) is 5.69 Å². The van der Waals surface area contributed by atoms with E-state index in [9.17, 15) is 9.59 Å². The number of pyridine rings is 1. The molecule has 9 nitrogen and oxygen atoms in total. The summed E-state index contributed by atoms with van der Waals surface area (Å²) in [6.07, 6.45) is 2.57. The van der Waals surface area contributed by atoms with Gasteiger partial charge in [-0.25, -0.2) is 4.98 Å². The molecule has 0 saturated heterocycles. The van der Waals surface area contributed by atoms with Gasteiger partial charge in [-0.3, -0.25) is 9.59 Å². The predicted molar refractivity (Wildman–Crippen MR) is 117 cm³/mol. The Morgan fingerprint density at radius 2 is 2.00 bits per heavy atom. The topological polar surface area (TPSA) is 132 Å². The summed E-state index contributed by atoms with van der Waals surface area (Å²) in [6.45, 7) is 2.26. The average Bonchev–Trinajstić information content (AvgIpc) is 3.50. The van der Waals surface area contributed by atoms with E-state index in [1.165, 1.54) is 18.2 Å². The number of carbonyl (C=O) groups is 1. The van der Waals surface area contributed by atoms with Gasteiger partial charge >= 0.3 is 0 Å². The number of hydrogen-bond donors (Lipinski definition) is 3. The zero-order valence-corrected chi connectivity index (χ0v) is 17.2. The molecular formula is C21H25N7O2. The Balaban J connectivity index is 1.65. The van der Waals surface area contributed by atoms with Crippen LogP contribution >= 0.6 is 0 Å². The fourth-order valence-corrected chi connectivity index (χ4v) is 3.91. The first-order valence-electron chi connectivity index (χ1n) is 9.84. The molecule has 9 heteroatoms. The number of nitrogens with two attached hydrogens (primary N) is 2. The molecule has 1 aliphatic carbocycles. The second kappa shape index (κ2) is 7.42. The number of fused-ring (bicyclic) bond motifs is 1. The number of aryl methyl sites for hydroxylation is 1. The number of nitrogens with one attached hydrogen (secondary N) is 1. The molecule has 2 aromatic heterocycles. The molecule has 2 heterocycles. The Morgan fingerprint density at radius 3 is 2.57 bits per heavy atom. The summed E-state index contributed by atoms with van der Waals surface area (Å²) in [5.74, 6) is 0.0560. The third kappa shape index (κ3) is 3.37. The van der Waals surface area contributed by atoms with Crippen LogP contribution in [0.4, 0.5) is 17.5 Å². The van der Waals surface area contributed by atoms with Crippen LogP contribution in [0, 0.1) is 0 Å². The van der Waals surface area contributed by atoms with Crippen molar-refractivity contribution in [2.75, 3.05) is 25.1 Å². The number of rotatable bonds is 6. The van der Waals surface area contributed by atoms with Gasteiger partial charge in [-0.2, -0.15) is 4.98 Å². The summed E-state index contributed by atoms with van der Waals surface area (Å²) in [5.41, 5.74) is 13.1. The average molecular weight is 407 g/mol. The zero-order valence-electron chi connectivity index (χ0n) is 17.2. The number of hydrogen-bond acceptors (Lipinski definition) is 7. The summed E-state index contributed by atoms with van der Waals surface area (Å²) in [4.78, 5) is 35.2. The highest BCUT2D eigenvalue weighted by molar-refractivity contribution is 6.00. The standard InChI is InChI=1S/C21H25N7O2/c1-4-28-18(22)16(19(23)30)17(29)14-10-24-21(26-20(14)28)25-12-7-5-11(6-8-12)13-9-15(13)27(2)3/h5-8,10,13,15H,4,9,22H2,1-3H3,(H2,23,30)(H,24,25,26). The molecule has 2 atom stereocenters. The first-order chi connectivity index (χ1) is 14.3. The number of anilines is 3. The van der Waals surface area contributed by atoms with Gasteiger partial charge in [0.1, 0.15) is 11.4 Å². The normalized spacial score (nSPS) is 18.0. The monoisotopic (exact) mass is 407 g/mol. The fourth-order valence-electron chi connectivity index (χ4n) is 3.91. The number of likely N-dealkylation sites (N-methyl/N-ethyl adjacent to an activating group) is 1. The number of benzene rings is 1. The van der Waals surface area contributed by atoms with Crippen LogP contribution in [0.2, 0.25) is 0 Å². The smallest absolute Gasteiger partial charge is 0.256 e. The van der Waals surface area contributed by atoms with E-state index >= 15 is 0 Å². The Kier molecular flexibility index (Phi) is 4.90. The van der Waals surface area contributed by atoms with Gasteiger partial charge in [0, 0.05) is 30.4 Å². The van der Waals surface area contributed by atoms with Crippen molar-refractivity contribution < 1.29 is 4.79 Å². The summed E-state index contributed by atoms with van der Waals surface area (Å²) in [6, 6.07) is 8.80. The number of carbonyl (C=O) groups excluding carboxylic acids is 1. The third-order valence-electron chi connectivity index (χ3n) is 5.62. The maximum Gasteiger partial charge on any atom is 0.256 e. The van der Waals surface area contributed by atoms with Gasteiger partial charge in [0.25, 0.3) is 5.91 Å². The van der Waals surface area contributed by atoms with Crippen molar-refractivity contribution in [1.29, 1.82) is 0 Å². The fraction of sp³-hybridized carbons (Fsp3) is 0.333. The SMILES string of the molecule is CCn1c(N)c(C(N)=O)c(=O)c2cnc(Nc3ccc(C4CC4N(C)C)cc3)nc21. The van der Waals surface area contributed by atoms with Crippen molar-refractivity contribution in [2.45, 2.75) is 31.8 Å². The lowest BCUT2D eigenvalue weighted by Gasteiger charge is -2.15. The van der Waals surface area contributed by atoms with E-state index < -0.39 is 11.3 Å². The summed E-state index contributed by atoms with van der Waals surface area (Å²) < 4.78 is 1.58. The highest BCUT2D eigenvalue weighted by Gasteiger charge is 2.39. The van der Waals surface area contributed by atoms with E-state index in [1.54, 1.807) is 4.57 Å². The molecule has 1 saturated carbocycles. The van der Waals surface area contributed by atoms with E-state index in [0.29, 0.717) is 30.1 Å². The lowest BCUT2D eigenvalue weighted by Crippen LogP contribution is -2.28. The van der Waals surface area contributed by atoms with Gasteiger partial charge in [-0.15, -0.1) is 0 Å². The Morgan fingerprint density at radius 1 is 1.30 bits per heavy atom. The molecule has 4 rings (SSSR count). The van der Waals surface area contributed by atoms with Crippen molar-refractivity contribution in [3.05, 3.63) is 51.8 Å². The second-order valence-corrected chi connectivity index (χ2v) is 7.75. The first-order valence-corrected chi connectivity index (χ1v) is 9.84. The Labute approximate surface area is 173 Å². The van der Waals surface area contributed by atoms with Crippen LogP contribution in [0.1, 0.15) is 35.2 Å². The third-order valence-corrected chi connectivity index (χ3v) is 5.62. The number of primary amides is 1. The van der Waals surface area contributed by atoms with E-state index in [2.05, 4.69) is 46.4 Å². The summed E-state index contributed by atoms with van der Waals surface area (Å²) in [7, 11) is 4.21.